The van der Waals surface area contributed by atoms with Crippen molar-refractivity contribution < 1.29 is 4.74 Å². The zero-order valence-electron chi connectivity index (χ0n) is 8.25. The predicted octanol–water partition coefficient (Wildman–Crippen LogP) is 1.18. The highest BCUT2D eigenvalue weighted by Crippen LogP contribution is 2.24. The molecule has 0 amide bonds. The second-order valence-corrected chi connectivity index (χ2v) is 3.48. The third kappa shape index (κ3) is 1.85. The molecule has 0 aromatic carbocycles. The lowest BCUT2D eigenvalue weighted by atomic mass is 10.2. The zero-order chi connectivity index (χ0) is 9.97. The maximum Gasteiger partial charge on any atom is 0.251 e. The lowest BCUT2D eigenvalue weighted by molar-refractivity contribution is 0.104. The van der Waals surface area contributed by atoms with Crippen molar-refractivity contribution in [2.75, 3.05) is 6.61 Å². The van der Waals surface area contributed by atoms with E-state index in [2.05, 4.69) is 9.97 Å². The van der Waals surface area contributed by atoms with E-state index >= 15 is 0 Å². The Morgan fingerprint density at radius 1 is 1.71 bits per heavy atom. The highest BCUT2D eigenvalue weighted by Gasteiger charge is 2.20. The fourth-order valence-corrected chi connectivity index (χ4v) is 1.66. The van der Waals surface area contributed by atoms with Gasteiger partial charge >= 0.3 is 0 Å². The highest BCUT2D eigenvalue weighted by molar-refractivity contribution is 5.04. The molecule has 1 aromatic rings. The van der Waals surface area contributed by atoms with Gasteiger partial charge in [-0.1, -0.05) is 6.92 Å². The normalized spacial score (nSPS) is 21.4. The van der Waals surface area contributed by atoms with Crippen LogP contribution in [0.15, 0.2) is 10.9 Å². The molecule has 2 heterocycles. The van der Waals surface area contributed by atoms with Gasteiger partial charge in [0.05, 0.1) is 0 Å². The topological polar surface area (TPSA) is 55.0 Å². The van der Waals surface area contributed by atoms with Crippen molar-refractivity contribution in [3.8, 4) is 0 Å². The number of hydrogen-bond donors (Lipinski definition) is 1. The Morgan fingerprint density at radius 2 is 2.57 bits per heavy atom. The number of nitrogens with zero attached hydrogens (tertiary/aromatic N) is 1. The number of H-pyrrole nitrogens is 1. The summed E-state index contributed by atoms with van der Waals surface area (Å²) in [6, 6.07) is 1.54. The van der Waals surface area contributed by atoms with E-state index in [9.17, 15) is 4.79 Å². The van der Waals surface area contributed by atoms with Gasteiger partial charge in [-0.25, -0.2) is 4.98 Å². The smallest absolute Gasteiger partial charge is 0.251 e. The standard InChI is InChI=1S/C10H14N2O2/c1-2-7-6-9(13)12-10(11-7)8-4-3-5-14-8/h6,8H,2-5H2,1H3,(H,11,12,13). The lowest BCUT2D eigenvalue weighted by Crippen LogP contribution is -2.15. The first-order valence-electron chi connectivity index (χ1n) is 5.01. The van der Waals surface area contributed by atoms with Crippen LogP contribution in [0.25, 0.3) is 0 Å². The number of ether oxygens (including phenoxy) is 1. The second kappa shape index (κ2) is 3.92. The predicted molar refractivity (Wildman–Crippen MR) is 52.2 cm³/mol. The van der Waals surface area contributed by atoms with Gasteiger partial charge in [0, 0.05) is 18.4 Å². The van der Waals surface area contributed by atoms with E-state index in [1.807, 2.05) is 6.92 Å². The van der Waals surface area contributed by atoms with Crippen molar-refractivity contribution in [1.82, 2.24) is 9.97 Å². The lowest BCUT2D eigenvalue weighted by Gasteiger charge is -2.08. The summed E-state index contributed by atoms with van der Waals surface area (Å²) in [6.07, 6.45) is 2.78. The van der Waals surface area contributed by atoms with Crippen LogP contribution in [0.3, 0.4) is 0 Å². The van der Waals surface area contributed by atoms with Gasteiger partial charge in [-0.3, -0.25) is 4.79 Å². The van der Waals surface area contributed by atoms with E-state index in [1.54, 1.807) is 6.07 Å². The molecular formula is C10H14N2O2. The van der Waals surface area contributed by atoms with Crippen LogP contribution >= 0.6 is 0 Å². The first-order valence-corrected chi connectivity index (χ1v) is 5.01. The summed E-state index contributed by atoms with van der Waals surface area (Å²) < 4.78 is 5.46. The first kappa shape index (κ1) is 9.40. The van der Waals surface area contributed by atoms with Crippen LogP contribution in [-0.4, -0.2) is 16.6 Å². The molecule has 1 saturated heterocycles. The average molecular weight is 194 g/mol. The summed E-state index contributed by atoms with van der Waals surface area (Å²) in [7, 11) is 0. The molecule has 1 atom stereocenters. The summed E-state index contributed by atoms with van der Waals surface area (Å²) >= 11 is 0. The minimum atomic E-state index is -0.0812. The summed E-state index contributed by atoms with van der Waals surface area (Å²) in [6.45, 7) is 2.76. The molecule has 1 unspecified atom stereocenters. The van der Waals surface area contributed by atoms with Gasteiger partial charge in [0.15, 0.2) is 0 Å². The van der Waals surface area contributed by atoms with Crippen LogP contribution in [0.4, 0.5) is 0 Å². The largest absolute Gasteiger partial charge is 0.370 e. The van der Waals surface area contributed by atoms with Crippen LogP contribution < -0.4 is 5.56 Å². The molecule has 1 aliphatic rings. The first-order chi connectivity index (χ1) is 6.79. The third-order valence-electron chi connectivity index (χ3n) is 2.41. The number of rotatable bonds is 2. The Bertz CT molecular complexity index is 367. The third-order valence-corrected chi connectivity index (χ3v) is 2.41. The summed E-state index contributed by atoms with van der Waals surface area (Å²) in [5.41, 5.74) is 0.751. The van der Waals surface area contributed by atoms with Gasteiger partial charge in [0.2, 0.25) is 0 Å². The van der Waals surface area contributed by atoms with Crippen molar-refractivity contribution in [3.05, 3.63) is 27.9 Å². The van der Waals surface area contributed by atoms with Crippen molar-refractivity contribution in [1.29, 1.82) is 0 Å². The van der Waals surface area contributed by atoms with Gasteiger partial charge in [-0.05, 0) is 19.3 Å². The molecule has 0 bridgehead atoms. The number of nitrogens with one attached hydrogen (secondary N) is 1. The Morgan fingerprint density at radius 3 is 3.21 bits per heavy atom. The number of hydrogen-bond acceptors (Lipinski definition) is 3. The average Bonchev–Trinajstić information content (AvgIpc) is 2.69. The fourth-order valence-electron chi connectivity index (χ4n) is 1.66. The minimum Gasteiger partial charge on any atom is -0.370 e. The van der Waals surface area contributed by atoms with E-state index in [1.165, 1.54) is 0 Å². The molecule has 2 rings (SSSR count). The second-order valence-electron chi connectivity index (χ2n) is 3.48. The maximum atomic E-state index is 11.3. The minimum absolute atomic E-state index is 0.00537. The van der Waals surface area contributed by atoms with E-state index in [-0.39, 0.29) is 11.7 Å². The molecule has 1 aliphatic heterocycles. The molecule has 14 heavy (non-hydrogen) atoms. The number of aromatic amines is 1. The Kier molecular flexibility index (Phi) is 2.63. The van der Waals surface area contributed by atoms with Crippen molar-refractivity contribution in [3.63, 3.8) is 0 Å². The monoisotopic (exact) mass is 194 g/mol. The van der Waals surface area contributed by atoms with Gasteiger partial charge in [0.1, 0.15) is 11.9 Å². The van der Waals surface area contributed by atoms with Gasteiger partial charge in [-0.15, -0.1) is 0 Å². The molecule has 1 N–H and O–H groups in total. The van der Waals surface area contributed by atoms with E-state index in [4.69, 9.17) is 4.74 Å². The van der Waals surface area contributed by atoms with Crippen molar-refractivity contribution >= 4 is 0 Å². The summed E-state index contributed by atoms with van der Waals surface area (Å²) in [4.78, 5) is 18.4. The molecule has 1 aromatic heterocycles. The molecule has 1 fully saturated rings. The van der Waals surface area contributed by atoms with E-state index < -0.39 is 0 Å². The maximum absolute atomic E-state index is 11.3. The zero-order valence-corrected chi connectivity index (χ0v) is 8.25. The number of aryl methyl sites for hydroxylation is 1. The van der Waals surface area contributed by atoms with Crippen LogP contribution in [0.2, 0.25) is 0 Å². The van der Waals surface area contributed by atoms with Gasteiger partial charge < -0.3 is 9.72 Å². The molecule has 0 radical (unpaired) electrons. The molecule has 0 saturated carbocycles. The molecule has 4 heteroatoms. The van der Waals surface area contributed by atoms with Crippen molar-refractivity contribution in [2.24, 2.45) is 0 Å². The van der Waals surface area contributed by atoms with Crippen molar-refractivity contribution in [2.45, 2.75) is 32.3 Å². The van der Waals surface area contributed by atoms with Gasteiger partial charge in [-0.2, -0.15) is 0 Å². The molecule has 0 spiro atoms. The van der Waals surface area contributed by atoms with Crippen LogP contribution in [0, 0.1) is 0 Å². The SMILES string of the molecule is CCc1cc(=O)[nH]c(C2CCCO2)n1. The molecule has 4 nitrogen and oxygen atoms in total. The Hall–Kier alpha value is -1.16. The number of aromatic nitrogens is 2. The highest BCUT2D eigenvalue weighted by atomic mass is 16.5. The Balaban J connectivity index is 2.32. The summed E-state index contributed by atoms with van der Waals surface area (Å²) in [5.74, 6) is 0.687. The van der Waals surface area contributed by atoms with Gasteiger partial charge in [0.25, 0.3) is 5.56 Å². The molecule has 76 valence electrons. The molecule has 0 aliphatic carbocycles. The van der Waals surface area contributed by atoms with Crippen LogP contribution in [0.5, 0.6) is 0 Å². The van der Waals surface area contributed by atoms with E-state index in [0.717, 1.165) is 31.6 Å². The summed E-state index contributed by atoms with van der Waals surface area (Å²) in [5, 5.41) is 0. The van der Waals surface area contributed by atoms with Crippen LogP contribution in [-0.2, 0) is 11.2 Å². The molecular weight excluding hydrogens is 180 g/mol. The fraction of sp³-hybridized carbons (Fsp3) is 0.600. The van der Waals surface area contributed by atoms with Crippen LogP contribution in [0.1, 0.15) is 37.4 Å². The van der Waals surface area contributed by atoms with E-state index in [0.29, 0.717) is 5.82 Å². The Labute approximate surface area is 82.3 Å². The quantitative estimate of drug-likeness (QED) is 0.769.